The highest BCUT2D eigenvalue weighted by atomic mass is 32.1. The number of rotatable bonds is 5. The number of ether oxygens (including phenoxy) is 2. The Hall–Kier alpha value is -1.52. The highest BCUT2D eigenvalue weighted by molar-refractivity contribution is 7.10. The van der Waals surface area contributed by atoms with Crippen molar-refractivity contribution in [3.63, 3.8) is 0 Å². The lowest BCUT2D eigenvalue weighted by Gasteiger charge is -2.10. The predicted octanol–water partition coefficient (Wildman–Crippen LogP) is 3.38. The van der Waals surface area contributed by atoms with Gasteiger partial charge in [-0.2, -0.15) is 0 Å². The van der Waals surface area contributed by atoms with Crippen molar-refractivity contribution >= 4 is 11.3 Å². The number of benzene rings is 1. The van der Waals surface area contributed by atoms with Gasteiger partial charge >= 0.3 is 0 Å². The minimum absolute atomic E-state index is 0.400. The van der Waals surface area contributed by atoms with Gasteiger partial charge in [-0.15, -0.1) is 11.3 Å². The molecule has 0 amide bonds. The van der Waals surface area contributed by atoms with Crippen LogP contribution in [0.15, 0.2) is 35.7 Å². The maximum Gasteiger partial charge on any atom is 0.129 e. The van der Waals surface area contributed by atoms with E-state index < -0.39 is 6.10 Å². The fourth-order valence-electron chi connectivity index (χ4n) is 1.86. The molecule has 1 aliphatic rings. The quantitative estimate of drug-likeness (QED) is 0.910. The summed E-state index contributed by atoms with van der Waals surface area (Å²) in [6.45, 7) is 0. The number of thiophene rings is 1. The molecule has 100 valence electrons. The van der Waals surface area contributed by atoms with Crippen LogP contribution in [0.25, 0.3) is 0 Å². The van der Waals surface area contributed by atoms with Crippen molar-refractivity contribution < 1.29 is 14.6 Å². The Morgan fingerprint density at radius 2 is 1.95 bits per heavy atom. The first-order valence-electron chi connectivity index (χ1n) is 6.33. The monoisotopic (exact) mass is 276 g/mol. The first-order chi connectivity index (χ1) is 9.26. The van der Waals surface area contributed by atoms with Crippen molar-refractivity contribution in [2.75, 3.05) is 7.11 Å². The Morgan fingerprint density at radius 3 is 2.53 bits per heavy atom. The molecule has 0 spiro atoms. The smallest absolute Gasteiger partial charge is 0.129 e. The third kappa shape index (κ3) is 2.91. The number of aliphatic hydroxyl groups is 1. The van der Waals surface area contributed by atoms with Crippen LogP contribution in [-0.4, -0.2) is 18.3 Å². The second-order valence-corrected chi connectivity index (χ2v) is 5.62. The van der Waals surface area contributed by atoms with E-state index in [0.717, 1.165) is 34.8 Å². The summed E-state index contributed by atoms with van der Waals surface area (Å²) in [7, 11) is 1.63. The van der Waals surface area contributed by atoms with Crippen LogP contribution in [0, 0.1) is 0 Å². The average Bonchev–Trinajstić information content (AvgIpc) is 3.12. The molecule has 3 nitrogen and oxygen atoms in total. The Bertz CT molecular complexity index is 543. The fraction of sp³-hybridized carbons (Fsp3) is 0.333. The van der Waals surface area contributed by atoms with Gasteiger partial charge in [-0.25, -0.2) is 0 Å². The molecule has 1 aromatic heterocycles. The Balaban J connectivity index is 1.73. The third-order valence-electron chi connectivity index (χ3n) is 3.12. The van der Waals surface area contributed by atoms with Crippen LogP contribution in [0.5, 0.6) is 11.5 Å². The first-order valence-corrected chi connectivity index (χ1v) is 7.21. The SMILES string of the molecule is COc1csc(C(O)c2ccc(OC3CC3)cc2)c1. The van der Waals surface area contributed by atoms with Gasteiger partial charge in [0, 0.05) is 10.3 Å². The van der Waals surface area contributed by atoms with E-state index in [2.05, 4.69) is 0 Å². The summed E-state index contributed by atoms with van der Waals surface area (Å²) >= 11 is 1.50. The fourth-order valence-corrected chi connectivity index (χ4v) is 2.72. The van der Waals surface area contributed by atoms with Gasteiger partial charge in [0.2, 0.25) is 0 Å². The molecule has 1 heterocycles. The molecule has 1 aliphatic carbocycles. The Kier molecular flexibility index (Phi) is 3.44. The summed E-state index contributed by atoms with van der Waals surface area (Å²) < 4.78 is 10.8. The molecule has 1 atom stereocenters. The molecule has 1 saturated carbocycles. The lowest BCUT2D eigenvalue weighted by atomic mass is 10.1. The van der Waals surface area contributed by atoms with Gasteiger partial charge in [0.1, 0.15) is 17.6 Å². The van der Waals surface area contributed by atoms with Gasteiger partial charge in [0.05, 0.1) is 13.2 Å². The zero-order valence-corrected chi connectivity index (χ0v) is 11.5. The molecule has 0 aliphatic heterocycles. The van der Waals surface area contributed by atoms with Crippen molar-refractivity contribution in [3.05, 3.63) is 46.2 Å². The maximum atomic E-state index is 10.3. The van der Waals surface area contributed by atoms with E-state index in [1.807, 2.05) is 35.7 Å². The molecular weight excluding hydrogens is 260 g/mol. The third-order valence-corrected chi connectivity index (χ3v) is 4.09. The van der Waals surface area contributed by atoms with Gasteiger partial charge < -0.3 is 14.6 Å². The molecule has 0 saturated heterocycles. The molecule has 1 unspecified atom stereocenters. The number of hydrogen-bond acceptors (Lipinski definition) is 4. The van der Waals surface area contributed by atoms with Crippen LogP contribution in [0.1, 0.15) is 29.4 Å². The van der Waals surface area contributed by atoms with Crippen molar-refractivity contribution in [2.24, 2.45) is 0 Å². The highest BCUT2D eigenvalue weighted by Gasteiger charge is 2.23. The molecule has 2 aromatic rings. The predicted molar refractivity (Wildman–Crippen MR) is 75.0 cm³/mol. The van der Waals surface area contributed by atoms with E-state index in [-0.39, 0.29) is 0 Å². The zero-order chi connectivity index (χ0) is 13.2. The van der Waals surface area contributed by atoms with Crippen LogP contribution in [-0.2, 0) is 0 Å². The largest absolute Gasteiger partial charge is 0.496 e. The highest BCUT2D eigenvalue weighted by Crippen LogP contribution is 2.32. The van der Waals surface area contributed by atoms with E-state index in [4.69, 9.17) is 9.47 Å². The minimum atomic E-state index is -0.608. The standard InChI is InChI=1S/C15H16O3S/c1-17-13-8-14(19-9-13)15(16)10-2-4-11(5-3-10)18-12-6-7-12/h2-5,8-9,12,15-16H,6-7H2,1H3. The van der Waals surface area contributed by atoms with Gasteiger partial charge in [0.25, 0.3) is 0 Å². The normalized spacial score (nSPS) is 16.1. The maximum absolute atomic E-state index is 10.3. The number of aliphatic hydroxyl groups excluding tert-OH is 1. The Morgan fingerprint density at radius 1 is 1.21 bits per heavy atom. The van der Waals surface area contributed by atoms with Crippen LogP contribution in [0.4, 0.5) is 0 Å². The summed E-state index contributed by atoms with van der Waals surface area (Å²) in [6.07, 6.45) is 2.10. The van der Waals surface area contributed by atoms with E-state index in [9.17, 15) is 5.11 Å². The average molecular weight is 276 g/mol. The summed E-state index contributed by atoms with van der Waals surface area (Å²) in [5, 5.41) is 12.2. The zero-order valence-electron chi connectivity index (χ0n) is 10.7. The second-order valence-electron chi connectivity index (χ2n) is 4.68. The number of methoxy groups -OCH3 is 1. The van der Waals surface area contributed by atoms with Crippen LogP contribution < -0.4 is 9.47 Å². The van der Waals surface area contributed by atoms with Gasteiger partial charge in [0.15, 0.2) is 0 Å². The van der Waals surface area contributed by atoms with Crippen LogP contribution >= 0.6 is 11.3 Å². The lowest BCUT2D eigenvalue weighted by molar-refractivity contribution is 0.223. The molecule has 4 heteroatoms. The summed E-state index contributed by atoms with van der Waals surface area (Å²) in [4.78, 5) is 0.882. The molecule has 19 heavy (non-hydrogen) atoms. The molecule has 1 aromatic carbocycles. The van der Waals surface area contributed by atoms with Crippen LogP contribution in [0.3, 0.4) is 0 Å². The minimum Gasteiger partial charge on any atom is -0.496 e. The van der Waals surface area contributed by atoms with Crippen molar-refractivity contribution in [1.82, 2.24) is 0 Å². The van der Waals surface area contributed by atoms with Crippen LogP contribution in [0.2, 0.25) is 0 Å². The molecule has 3 rings (SSSR count). The Labute approximate surface area is 116 Å². The summed E-state index contributed by atoms with van der Waals surface area (Å²) in [5.41, 5.74) is 0.868. The summed E-state index contributed by atoms with van der Waals surface area (Å²) in [5.74, 6) is 1.66. The van der Waals surface area contributed by atoms with E-state index in [1.165, 1.54) is 11.3 Å². The molecule has 0 radical (unpaired) electrons. The van der Waals surface area contributed by atoms with Gasteiger partial charge in [-0.05, 0) is 36.6 Å². The topological polar surface area (TPSA) is 38.7 Å². The molecule has 1 N–H and O–H groups in total. The molecule has 0 bridgehead atoms. The van der Waals surface area contributed by atoms with Crippen molar-refractivity contribution in [2.45, 2.75) is 25.0 Å². The lowest BCUT2D eigenvalue weighted by Crippen LogP contribution is -1.99. The van der Waals surface area contributed by atoms with Crippen molar-refractivity contribution in [3.8, 4) is 11.5 Å². The van der Waals surface area contributed by atoms with Gasteiger partial charge in [-0.3, -0.25) is 0 Å². The van der Waals surface area contributed by atoms with E-state index in [0.29, 0.717) is 6.10 Å². The van der Waals surface area contributed by atoms with Gasteiger partial charge in [-0.1, -0.05) is 12.1 Å². The van der Waals surface area contributed by atoms with E-state index in [1.54, 1.807) is 7.11 Å². The second kappa shape index (κ2) is 5.23. The first kappa shape index (κ1) is 12.5. The summed E-state index contributed by atoms with van der Waals surface area (Å²) in [6, 6.07) is 9.52. The molecule has 1 fully saturated rings. The molecular formula is C15H16O3S. The number of hydrogen-bond donors (Lipinski definition) is 1. The van der Waals surface area contributed by atoms with E-state index >= 15 is 0 Å². The van der Waals surface area contributed by atoms with Crippen molar-refractivity contribution in [1.29, 1.82) is 0 Å².